The Balaban J connectivity index is 1.63. The average Bonchev–Trinajstić information content (AvgIpc) is 3.09. The van der Waals surface area contributed by atoms with Gasteiger partial charge < -0.3 is 10.6 Å². The van der Waals surface area contributed by atoms with E-state index in [1.165, 1.54) is 23.3 Å². The quantitative estimate of drug-likeness (QED) is 0.903. The predicted molar refractivity (Wildman–Crippen MR) is 103 cm³/mol. The molecule has 1 aliphatic heterocycles. The highest BCUT2D eigenvalue weighted by molar-refractivity contribution is 7.14. The molecule has 5 heteroatoms. The number of aryl methyl sites for hydroxylation is 1. The zero-order valence-corrected chi connectivity index (χ0v) is 15.8. The molecule has 0 saturated carbocycles. The smallest absolute Gasteiger partial charge is 0.264 e. The molecule has 0 saturated heterocycles. The summed E-state index contributed by atoms with van der Waals surface area (Å²) in [4.78, 5) is 29.0. The molecule has 0 unspecified atom stereocenters. The molecule has 2 amide bonds. The molecule has 0 spiro atoms. The summed E-state index contributed by atoms with van der Waals surface area (Å²) in [6.45, 7) is 2.68. The summed E-state index contributed by atoms with van der Waals surface area (Å²) in [6.07, 6.45) is 5.02. The maximum absolute atomic E-state index is 13.2. The van der Waals surface area contributed by atoms with Gasteiger partial charge in [0, 0.05) is 17.8 Å². The number of carbonyl (C=O) groups excluding carboxylic acids is 2. The van der Waals surface area contributed by atoms with E-state index in [2.05, 4.69) is 13.0 Å². The van der Waals surface area contributed by atoms with Crippen LogP contribution in [0.5, 0.6) is 0 Å². The van der Waals surface area contributed by atoms with Crippen LogP contribution in [0.25, 0.3) is 0 Å². The fraction of sp³-hybridized carbons (Fsp3) is 0.429. The van der Waals surface area contributed by atoms with Gasteiger partial charge in [-0.3, -0.25) is 9.59 Å². The van der Waals surface area contributed by atoms with Gasteiger partial charge in [-0.2, -0.15) is 0 Å². The average molecular weight is 369 g/mol. The van der Waals surface area contributed by atoms with Crippen molar-refractivity contribution in [3.63, 3.8) is 0 Å². The van der Waals surface area contributed by atoms with Gasteiger partial charge in [0.2, 0.25) is 5.91 Å². The van der Waals surface area contributed by atoms with Gasteiger partial charge in [0.15, 0.2) is 0 Å². The highest BCUT2D eigenvalue weighted by atomic mass is 32.1. The van der Waals surface area contributed by atoms with E-state index in [4.69, 9.17) is 5.73 Å². The number of rotatable bonds is 3. The second-order valence-corrected chi connectivity index (χ2v) is 8.54. The van der Waals surface area contributed by atoms with Crippen molar-refractivity contribution >= 4 is 23.2 Å². The second-order valence-electron chi connectivity index (χ2n) is 7.40. The van der Waals surface area contributed by atoms with Gasteiger partial charge in [-0.05, 0) is 47.9 Å². The van der Waals surface area contributed by atoms with Crippen LogP contribution in [0.2, 0.25) is 0 Å². The van der Waals surface area contributed by atoms with E-state index in [0.717, 1.165) is 34.8 Å². The van der Waals surface area contributed by atoms with Gasteiger partial charge >= 0.3 is 0 Å². The van der Waals surface area contributed by atoms with Crippen molar-refractivity contribution < 1.29 is 9.59 Å². The molecule has 0 radical (unpaired) electrons. The molecule has 1 aromatic heterocycles. The summed E-state index contributed by atoms with van der Waals surface area (Å²) in [5, 5.41) is 0. The van der Waals surface area contributed by atoms with Crippen molar-refractivity contribution in [2.45, 2.75) is 51.6 Å². The van der Waals surface area contributed by atoms with Crippen molar-refractivity contribution in [1.82, 2.24) is 4.90 Å². The third-order valence-electron chi connectivity index (χ3n) is 5.81. The number of hydrogen-bond donors (Lipinski definition) is 1. The topological polar surface area (TPSA) is 63.4 Å². The Morgan fingerprint density at radius 1 is 1.19 bits per heavy atom. The molecule has 0 fully saturated rings. The van der Waals surface area contributed by atoms with E-state index in [9.17, 15) is 9.59 Å². The highest BCUT2D eigenvalue weighted by Crippen LogP contribution is 2.35. The summed E-state index contributed by atoms with van der Waals surface area (Å²) >= 11 is 1.60. The third kappa shape index (κ3) is 3.05. The molecule has 136 valence electrons. The Hall–Kier alpha value is -2.14. The Bertz CT molecular complexity index is 857. The summed E-state index contributed by atoms with van der Waals surface area (Å²) in [6, 6.07) is 9.47. The lowest BCUT2D eigenvalue weighted by Gasteiger charge is -2.34. The van der Waals surface area contributed by atoms with Crippen LogP contribution in [0.4, 0.5) is 0 Å². The fourth-order valence-electron chi connectivity index (χ4n) is 4.19. The Morgan fingerprint density at radius 2 is 1.96 bits per heavy atom. The molecule has 2 atom stereocenters. The van der Waals surface area contributed by atoms with Crippen LogP contribution < -0.4 is 5.73 Å². The van der Waals surface area contributed by atoms with Crippen LogP contribution in [0, 0.1) is 5.92 Å². The number of carbonyl (C=O) groups is 2. The lowest BCUT2D eigenvalue weighted by Crippen LogP contribution is -2.51. The maximum Gasteiger partial charge on any atom is 0.264 e. The minimum atomic E-state index is -0.570. The standard InChI is InChI=1S/C21H24N2O2S/c1-2-13-7-8-18-16(9-13)11-19(26-18)21(25)23-12-15-6-4-3-5-14(15)10-17(23)20(22)24/h3-6,11,13,17H,2,7-10,12H2,1H3,(H2,22,24)/t13-,17+/m1/s1. The number of amides is 2. The zero-order valence-electron chi connectivity index (χ0n) is 15.0. The first-order valence-electron chi connectivity index (χ1n) is 9.35. The molecule has 2 aromatic rings. The maximum atomic E-state index is 13.2. The van der Waals surface area contributed by atoms with Gasteiger partial charge in [-0.15, -0.1) is 11.3 Å². The van der Waals surface area contributed by atoms with Crippen LogP contribution >= 0.6 is 11.3 Å². The molecule has 1 aromatic carbocycles. The molecule has 1 aliphatic carbocycles. The van der Waals surface area contributed by atoms with Crippen molar-refractivity contribution in [3.8, 4) is 0 Å². The second kappa shape index (κ2) is 6.88. The van der Waals surface area contributed by atoms with Crippen molar-refractivity contribution in [2.24, 2.45) is 11.7 Å². The third-order valence-corrected chi connectivity index (χ3v) is 7.04. The van der Waals surface area contributed by atoms with E-state index in [1.807, 2.05) is 24.3 Å². The molecule has 26 heavy (non-hydrogen) atoms. The van der Waals surface area contributed by atoms with Crippen LogP contribution in [-0.4, -0.2) is 22.8 Å². The molecule has 4 nitrogen and oxygen atoms in total. The molecule has 4 rings (SSSR count). The van der Waals surface area contributed by atoms with Crippen LogP contribution in [0.1, 0.15) is 51.0 Å². The number of fused-ring (bicyclic) bond motifs is 2. The molecule has 2 heterocycles. The van der Waals surface area contributed by atoms with Gasteiger partial charge in [-0.1, -0.05) is 37.6 Å². The van der Waals surface area contributed by atoms with E-state index < -0.39 is 11.9 Å². The first-order valence-corrected chi connectivity index (χ1v) is 10.2. The van der Waals surface area contributed by atoms with E-state index in [1.54, 1.807) is 16.2 Å². The van der Waals surface area contributed by atoms with Crippen LogP contribution in [-0.2, 0) is 30.6 Å². The van der Waals surface area contributed by atoms with E-state index in [-0.39, 0.29) is 5.91 Å². The van der Waals surface area contributed by atoms with Crippen LogP contribution in [0.3, 0.4) is 0 Å². The summed E-state index contributed by atoms with van der Waals surface area (Å²) in [5.74, 6) is 0.233. The largest absolute Gasteiger partial charge is 0.368 e. The highest BCUT2D eigenvalue weighted by Gasteiger charge is 2.35. The van der Waals surface area contributed by atoms with E-state index in [0.29, 0.717) is 13.0 Å². The van der Waals surface area contributed by atoms with Gasteiger partial charge in [0.25, 0.3) is 5.91 Å². The molecule has 0 bridgehead atoms. The molecule has 2 aliphatic rings. The number of primary amides is 1. The first-order chi connectivity index (χ1) is 12.6. The predicted octanol–water partition coefficient (Wildman–Crippen LogP) is 3.32. The van der Waals surface area contributed by atoms with Gasteiger partial charge in [0.05, 0.1) is 4.88 Å². The summed E-state index contributed by atoms with van der Waals surface area (Å²) < 4.78 is 0. The minimum Gasteiger partial charge on any atom is -0.368 e. The number of hydrogen-bond acceptors (Lipinski definition) is 3. The summed E-state index contributed by atoms with van der Waals surface area (Å²) in [7, 11) is 0. The van der Waals surface area contributed by atoms with Crippen molar-refractivity contribution in [2.75, 3.05) is 0 Å². The normalized spacial score (nSPS) is 21.8. The van der Waals surface area contributed by atoms with Crippen molar-refractivity contribution in [3.05, 3.63) is 56.8 Å². The number of nitrogens with zero attached hydrogens (tertiary/aromatic N) is 1. The zero-order chi connectivity index (χ0) is 18.3. The molecule has 2 N–H and O–H groups in total. The van der Waals surface area contributed by atoms with Crippen molar-refractivity contribution in [1.29, 1.82) is 0 Å². The summed E-state index contributed by atoms with van der Waals surface area (Å²) in [5.41, 5.74) is 9.17. The van der Waals surface area contributed by atoms with E-state index >= 15 is 0 Å². The first kappa shape index (κ1) is 17.3. The number of benzene rings is 1. The lowest BCUT2D eigenvalue weighted by molar-refractivity contribution is -0.122. The van der Waals surface area contributed by atoms with Gasteiger partial charge in [-0.25, -0.2) is 0 Å². The molecular formula is C21H24N2O2S. The Kier molecular flexibility index (Phi) is 4.57. The monoisotopic (exact) mass is 368 g/mol. The molecular weight excluding hydrogens is 344 g/mol. The number of nitrogens with two attached hydrogens (primary N) is 1. The minimum absolute atomic E-state index is 0.0595. The Morgan fingerprint density at radius 3 is 2.69 bits per heavy atom. The van der Waals surface area contributed by atoms with Gasteiger partial charge in [0.1, 0.15) is 6.04 Å². The number of thiophene rings is 1. The fourth-order valence-corrected chi connectivity index (χ4v) is 5.35. The Labute approximate surface area is 158 Å². The van der Waals surface area contributed by atoms with Crippen LogP contribution in [0.15, 0.2) is 30.3 Å². The lowest BCUT2D eigenvalue weighted by atomic mass is 9.87. The SMILES string of the molecule is CC[C@@H]1CCc2sc(C(=O)N3Cc4ccccc4C[C@H]3C(N)=O)cc2C1.